The van der Waals surface area contributed by atoms with Crippen LogP contribution in [0.25, 0.3) is 11.0 Å². The number of para-hydroxylation sites is 1. The molecule has 0 spiro atoms. The molecule has 0 bridgehead atoms. The van der Waals surface area contributed by atoms with Crippen molar-refractivity contribution in [2.75, 3.05) is 5.73 Å². The van der Waals surface area contributed by atoms with E-state index in [0.717, 1.165) is 34.5 Å². The Morgan fingerprint density at radius 3 is 2.63 bits per heavy atom. The van der Waals surface area contributed by atoms with Crippen molar-refractivity contribution in [3.8, 4) is 0 Å². The van der Waals surface area contributed by atoms with Crippen LogP contribution >= 0.6 is 0 Å². The summed E-state index contributed by atoms with van der Waals surface area (Å²) in [5.74, 6) is 0.956. The summed E-state index contributed by atoms with van der Waals surface area (Å²) in [7, 11) is 0. The highest BCUT2D eigenvalue weighted by atomic mass is 14.9. The number of imidazole rings is 1. The van der Waals surface area contributed by atoms with Gasteiger partial charge in [-0.25, -0.2) is 4.98 Å². The second-order valence-electron chi connectivity index (χ2n) is 5.01. The predicted octanol–water partition coefficient (Wildman–Crippen LogP) is 3.35. The van der Waals surface area contributed by atoms with Crippen molar-refractivity contribution in [3.63, 3.8) is 0 Å². The third kappa shape index (κ3) is 2.19. The molecule has 0 unspecified atom stereocenters. The lowest BCUT2D eigenvalue weighted by molar-refractivity contribution is 1.04. The van der Waals surface area contributed by atoms with Gasteiger partial charge in [0.2, 0.25) is 0 Å². The Morgan fingerprint density at radius 1 is 1.11 bits per heavy atom. The highest BCUT2D eigenvalue weighted by Crippen LogP contribution is 2.20. The molecular formula is C16H17N3. The fourth-order valence-corrected chi connectivity index (χ4v) is 2.28. The molecule has 0 aliphatic carbocycles. The van der Waals surface area contributed by atoms with Gasteiger partial charge in [-0.2, -0.15) is 0 Å². The van der Waals surface area contributed by atoms with Gasteiger partial charge in [0, 0.05) is 12.1 Å². The highest BCUT2D eigenvalue weighted by Gasteiger charge is 2.07. The molecule has 0 saturated heterocycles. The standard InChI is InChI=1S/C16H17N3/c1-10-7-14-15(8-11(10)2)19-16(18-14)9-12-5-3-4-6-13(12)17/h3-8H,9,17H2,1-2H3,(H,18,19). The highest BCUT2D eigenvalue weighted by molar-refractivity contribution is 5.77. The van der Waals surface area contributed by atoms with E-state index < -0.39 is 0 Å². The molecule has 0 radical (unpaired) electrons. The average molecular weight is 251 g/mol. The third-order valence-electron chi connectivity index (χ3n) is 3.56. The lowest BCUT2D eigenvalue weighted by Crippen LogP contribution is -1.96. The molecule has 3 rings (SSSR count). The molecule has 3 aromatic rings. The Hall–Kier alpha value is -2.29. The molecule has 3 heteroatoms. The third-order valence-corrected chi connectivity index (χ3v) is 3.56. The van der Waals surface area contributed by atoms with E-state index in [0.29, 0.717) is 0 Å². The summed E-state index contributed by atoms with van der Waals surface area (Å²) in [6.45, 7) is 4.22. The zero-order chi connectivity index (χ0) is 13.4. The Bertz CT molecular complexity index is 702. The minimum atomic E-state index is 0.736. The topological polar surface area (TPSA) is 54.7 Å². The molecule has 0 amide bonds. The van der Waals surface area contributed by atoms with Gasteiger partial charge in [0.05, 0.1) is 11.0 Å². The molecule has 19 heavy (non-hydrogen) atoms. The number of nitrogens with zero attached hydrogens (tertiary/aromatic N) is 1. The van der Waals surface area contributed by atoms with Gasteiger partial charge in [0.1, 0.15) is 5.82 Å². The minimum Gasteiger partial charge on any atom is -0.398 e. The number of nitrogens with two attached hydrogens (primary N) is 1. The molecule has 0 aliphatic rings. The van der Waals surface area contributed by atoms with Crippen molar-refractivity contribution in [3.05, 3.63) is 58.9 Å². The second-order valence-corrected chi connectivity index (χ2v) is 5.01. The van der Waals surface area contributed by atoms with Crippen LogP contribution in [0.2, 0.25) is 0 Å². The van der Waals surface area contributed by atoms with E-state index in [-0.39, 0.29) is 0 Å². The largest absolute Gasteiger partial charge is 0.398 e. The average Bonchev–Trinajstić information content (AvgIpc) is 2.74. The van der Waals surface area contributed by atoms with Crippen LogP contribution in [0.3, 0.4) is 0 Å². The van der Waals surface area contributed by atoms with E-state index in [1.165, 1.54) is 11.1 Å². The first-order valence-corrected chi connectivity index (χ1v) is 6.43. The lowest BCUT2D eigenvalue weighted by atomic mass is 10.1. The number of rotatable bonds is 2. The molecule has 2 aromatic carbocycles. The molecule has 3 N–H and O–H groups in total. The monoisotopic (exact) mass is 251 g/mol. The zero-order valence-electron chi connectivity index (χ0n) is 11.2. The summed E-state index contributed by atoms with van der Waals surface area (Å²) in [5.41, 5.74) is 12.5. The van der Waals surface area contributed by atoms with E-state index in [9.17, 15) is 0 Å². The number of fused-ring (bicyclic) bond motifs is 1. The number of benzene rings is 2. The van der Waals surface area contributed by atoms with Crippen molar-refractivity contribution in [2.45, 2.75) is 20.3 Å². The van der Waals surface area contributed by atoms with E-state index in [1.807, 2.05) is 24.3 Å². The van der Waals surface area contributed by atoms with E-state index in [2.05, 4.69) is 35.9 Å². The maximum absolute atomic E-state index is 5.97. The van der Waals surface area contributed by atoms with Crippen LogP contribution in [0.15, 0.2) is 36.4 Å². The van der Waals surface area contributed by atoms with Crippen LogP contribution < -0.4 is 5.73 Å². The van der Waals surface area contributed by atoms with Gasteiger partial charge >= 0.3 is 0 Å². The van der Waals surface area contributed by atoms with Crippen LogP contribution in [0.5, 0.6) is 0 Å². The first kappa shape index (κ1) is 11.8. The number of aryl methyl sites for hydroxylation is 2. The molecular weight excluding hydrogens is 234 g/mol. The van der Waals surface area contributed by atoms with Gasteiger partial charge < -0.3 is 10.7 Å². The molecule has 96 valence electrons. The van der Waals surface area contributed by atoms with Crippen molar-refractivity contribution >= 4 is 16.7 Å². The number of nitrogens with one attached hydrogen (secondary N) is 1. The van der Waals surface area contributed by atoms with Crippen molar-refractivity contribution in [2.24, 2.45) is 0 Å². The number of hydrogen-bond donors (Lipinski definition) is 2. The summed E-state index contributed by atoms with van der Waals surface area (Å²) >= 11 is 0. The van der Waals surface area contributed by atoms with Crippen molar-refractivity contribution in [1.29, 1.82) is 0 Å². The Balaban J connectivity index is 2.00. The van der Waals surface area contributed by atoms with E-state index in [1.54, 1.807) is 0 Å². The smallest absolute Gasteiger partial charge is 0.111 e. The summed E-state index contributed by atoms with van der Waals surface area (Å²) < 4.78 is 0. The number of nitrogen functional groups attached to an aromatic ring is 1. The fraction of sp³-hybridized carbons (Fsp3) is 0.188. The number of aromatic nitrogens is 2. The molecule has 0 atom stereocenters. The number of anilines is 1. The first-order valence-electron chi connectivity index (χ1n) is 6.43. The van der Waals surface area contributed by atoms with E-state index in [4.69, 9.17) is 5.73 Å². The lowest BCUT2D eigenvalue weighted by Gasteiger charge is -2.02. The van der Waals surface area contributed by atoms with Gasteiger partial charge in [0.25, 0.3) is 0 Å². The molecule has 1 aromatic heterocycles. The predicted molar refractivity (Wildman–Crippen MR) is 79.2 cm³/mol. The SMILES string of the molecule is Cc1cc2nc(Cc3ccccc3N)[nH]c2cc1C. The first-order chi connectivity index (χ1) is 9.13. The maximum Gasteiger partial charge on any atom is 0.111 e. The fourth-order valence-electron chi connectivity index (χ4n) is 2.28. The van der Waals surface area contributed by atoms with E-state index >= 15 is 0 Å². The van der Waals surface area contributed by atoms with Gasteiger partial charge in [-0.05, 0) is 48.7 Å². The summed E-state index contributed by atoms with van der Waals surface area (Å²) in [4.78, 5) is 8.01. The Kier molecular flexibility index (Phi) is 2.75. The van der Waals surface area contributed by atoms with Gasteiger partial charge in [-0.1, -0.05) is 18.2 Å². The van der Waals surface area contributed by atoms with Crippen LogP contribution in [-0.4, -0.2) is 9.97 Å². The Labute approximate surface area is 112 Å². The van der Waals surface area contributed by atoms with Gasteiger partial charge in [0.15, 0.2) is 0 Å². The molecule has 0 aliphatic heterocycles. The molecule has 0 saturated carbocycles. The summed E-state index contributed by atoms with van der Waals surface area (Å²) in [6, 6.07) is 12.2. The van der Waals surface area contributed by atoms with Crippen LogP contribution in [0.4, 0.5) is 5.69 Å². The van der Waals surface area contributed by atoms with Crippen LogP contribution in [0.1, 0.15) is 22.5 Å². The second kappa shape index (κ2) is 4.43. The maximum atomic E-state index is 5.97. The van der Waals surface area contributed by atoms with Gasteiger partial charge in [-0.3, -0.25) is 0 Å². The molecule has 1 heterocycles. The normalized spacial score (nSPS) is 11.1. The summed E-state index contributed by atoms with van der Waals surface area (Å²) in [6.07, 6.45) is 0.736. The zero-order valence-corrected chi connectivity index (χ0v) is 11.2. The number of H-pyrrole nitrogens is 1. The van der Waals surface area contributed by atoms with Crippen LogP contribution in [-0.2, 0) is 6.42 Å². The quantitative estimate of drug-likeness (QED) is 0.686. The minimum absolute atomic E-state index is 0.736. The number of hydrogen-bond acceptors (Lipinski definition) is 2. The van der Waals surface area contributed by atoms with Crippen molar-refractivity contribution in [1.82, 2.24) is 9.97 Å². The van der Waals surface area contributed by atoms with Crippen molar-refractivity contribution < 1.29 is 0 Å². The molecule has 3 nitrogen and oxygen atoms in total. The Morgan fingerprint density at radius 2 is 1.84 bits per heavy atom. The van der Waals surface area contributed by atoms with Gasteiger partial charge in [-0.15, -0.1) is 0 Å². The molecule has 0 fully saturated rings. The van der Waals surface area contributed by atoms with Crippen LogP contribution in [0, 0.1) is 13.8 Å². The number of aromatic amines is 1. The summed E-state index contributed by atoms with van der Waals surface area (Å²) in [5, 5.41) is 0.